The molecule has 0 unspecified atom stereocenters. The van der Waals surface area contributed by atoms with E-state index in [0.29, 0.717) is 12.2 Å². The second kappa shape index (κ2) is 3.73. The molecule has 1 aliphatic rings. The minimum Gasteiger partial charge on any atom is -0.477 e. The van der Waals surface area contributed by atoms with Gasteiger partial charge in [0.2, 0.25) is 0 Å². The molecule has 0 aliphatic carbocycles. The van der Waals surface area contributed by atoms with Gasteiger partial charge in [0.1, 0.15) is 5.56 Å². The molecule has 0 saturated heterocycles. The summed E-state index contributed by atoms with van der Waals surface area (Å²) in [5, 5.41) is 8.92. The van der Waals surface area contributed by atoms with Crippen molar-refractivity contribution in [3.63, 3.8) is 0 Å². The maximum atomic E-state index is 11.7. The molecule has 5 heteroatoms. The number of fused-ring (bicyclic) bond motifs is 3. The smallest absolute Gasteiger partial charge is 0.341 e. The molecule has 1 aromatic heterocycles. The fourth-order valence-electron chi connectivity index (χ4n) is 2.13. The van der Waals surface area contributed by atoms with Crippen LogP contribution in [0.25, 0.3) is 11.3 Å². The Balaban J connectivity index is 2.27. The quantitative estimate of drug-likeness (QED) is 0.790. The molecule has 3 rings (SSSR count). The molecular formula is C13H10N2O3. The monoisotopic (exact) mass is 242 g/mol. The summed E-state index contributed by atoms with van der Waals surface area (Å²) in [6.07, 6.45) is 1.33. The lowest BCUT2D eigenvalue weighted by Gasteiger charge is -2.23. The van der Waals surface area contributed by atoms with Crippen LogP contribution in [0.15, 0.2) is 41.3 Å². The number of pyridine rings is 1. The number of carboxylic acids is 1. The zero-order chi connectivity index (χ0) is 12.7. The predicted molar refractivity (Wildman–Crippen MR) is 66.2 cm³/mol. The topological polar surface area (TPSA) is 71.3 Å². The molecule has 90 valence electrons. The van der Waals surface area contributed by atoms with E-state index < -0.39 is 11.4 Å². The zero-order valence-corrected chi connectivity index (χ0v) is 9.38. The van der Waals surface area contributed by atoms with Crippen LogP contribution in [0, 0.1) is 0 Å². The van der Waals surface area contributed by atoms with Crippen LogP contribution in [0.4, 0.5) is 0 Å². The zero-order valence-electron chi connectivity index (χ0n) is 9.38. The first-order chi connectivity index (χ1) is 8.66. The fraction of sp³-hybridized carbons (Fsp3) is 0.0769. The van der Waals surface area contributed by atoms with Crippen molar-refractivity contribution in [3.05, 3.63) is 57.9 Å². The third-order valence-electron chi connectivity index (χ3n) is 3.01. The van der Waals surface area contributed by atoms with Crippen molar-refractivity contribution in [1.82, 2.24) is 4.68 Å². The van der Waals surface area contributed by atoms with Crippen molar-refractivity contribution in [3.8, 4) is 11.3 Å². The lowest BCUT2D eigenvalue weighted by molar-refractivity contribution is 0.0694. The van der Waals surface area contributed by atoms with E-state index in [-0.39, 0.29) is 5.56 Å². The van der Waals surface area contributed by atoms with Crippen LogP contribution >= 0.6 is 0 Å². The average molecular weight is 242 g/mol. The van der Waals surface area contributed by atoms with Gasteiger partial charge in [-0.1, -0.05) is 24.3 Å². The Morgan fingerprint density at radius 1 is 1.33 bits per heavy atom. The second-order valence-electron chi connectivity index (χ2n) is 4.10. The van der Waals surface area contributed by atoms with Gasteiger partial charge in [0.15, 0.2) is 5.43 Å². The van der Waals surface area contributed by atoms with Gasteiger partial charge in [0.05, 0.1) is 12.2 Å². The van der Waals surface area contributed by atoms with Crippen LogP contribution in [0.5, 0.6) is 0 Å². The first-order valence-corrected chi connectivity index (χ1v) is 5.49. The number of nitrogens with zero attached hydrogens (tertiary/aromatic N) is 1. The highest BCUT2D eigenvalue weighted by atomic mass is 16.4. The summed E-state index contributed by atoms with van der Waals surface area (Å²) in [4.78, 5) is 22.6. The Morgan fingerprint density at radius 2 is 2.11 bits per heavy atom. The SMILES string of the molecule is O=C(O)c1cn2c(cc1=O)-c1ccccc1CN2. The van der Waals surface area contributed by atoms with Crippen molar-refractivity contribution in [2.24, 2.45) is 0 Å². The molecule has 0 radical (unpaired) electrons. The van der Waals surface area contributed by atoms with Gasteiger partial charge in [-0.15, -0.1) is 0 Å². The van der Waals surface area contributed by atoms with Crippen LogP contribution in [0.3, 0.4) is 0 Å². The van der Waals surface area contributed by atoms with E-state index >= 15 is 0 Å². The van der Waals surface area contributed by atoms with E-state index in [9.17, 15) is 9.59 Å². The summed E-state index contributed by atoms with van der Waals surface area (Å²) in [6, 6.07) is 9.07. The maximum Gasteiger partial charge on any atom is 0.341 e. The highest BCUT2D eigenvalue weighted by molar-refractivity contribution is 5.87. The molecule has 0 fully saturated rings. The number of rotatable bonds is 1. The normalized spacial score (nSPS) is 12.2. The number of aromatic nitrogens is 1. The van der Waals surface area contributed by atoms with Crippen LogP contribution in [-0.2, 0) is 6.54 Å². The van der Waals surface area contributed by atoms with E-state index in [1.807, 2.05) is 24.3 Å². The van der Waals surface area contributed by atoms with Crippen LogP contribution < -0.4 is 10.9 Å². The number of hydrogen-bond donors (Lipinski definition) is 2. The van der Waals surface area contributed by atoms with E-state index in [4.69, 9.17) is 5.11 Å². The second-order valence-corrected chi connectivity index (χ2v) is 4.10. The lowest BCUT2D eigenvalue weighted by Crippen LogP contribution is -2.27. The summed E-state index contributed by atoms with van der Waals surface area (Å²) < 4.78 is 1.59. The third kappa shape index (κ3) is 1.48. The van der Waals surface area contributed by atoms with E-state index in [0.717, 1.165) is 11.1 Å². The average Bonchev–Trinajstić information content (AvgIpc) is 2.37. The lowest BCUT2D eigenvalue weighted by atomic mass is 10.0. The van der Waals surface area contributed by atoms with Crippen molar-refractivity contribution in [1.29, 1.82) is 0 Å². The molecule has 1 aromatic carbocycles. The molecule has 18 heavy (non-hydrogen) atoms. The van der Waals surface area contributed by atoms with Gasteiger partial charge in [-0.05, 0) is 5.56 Å². The fourth-order valence-corrected chi connectivity index (χ4v) is 2.13. The summed E-state index contributed by atoms with van der Waals surface area (Å²) in [5.41, 5.74) is 5.06. The van der Waals surface area contributed by atoms with E-state index in [1.165, 1.54) is 12.3 Å². The van der Waals surface area contributed by atoms with E-state index in [2.05, 4.69) is 5.43 Å². The molecule has 5 nitrogen and oxygen atoms in total. The van der Waals surface area contributed by atoms with Gasteiger partial charge in [0, 0.05) is 17.8 Å². The molecule has 2 heterocycles. The summed E-state index contributed by atoms with van der Waals surface area (Å²) in [6.45, 7) is 0.602. The van der Waals surface area contributed by atoms with Gasteiger partial charge in [-0.2, -0.15) is 0 Å². The Labute approximate surface area is 102 Å². The molecule has 0 bridgehead atoms. The van der Waals surface area contributed by atoms with Crippen LogP contribution in [0.1, 0.15) is 15.9 Å². The molecule has 1 aliphatic heterocycles. The standard InChI is InChI=1S/C13H10N2O3/c16-12-5-11-9-4-2-1-3-8(9)6-14-15(11)7-10(12)13(17)18/h1-5,7,14H,6H2,(H,17,18). The number of carboxylic acid groups (broad SMARTS) is 1. The molecule has 2 aromatic rings. The molecule has 0 amide bonds. The van der Waals surface area contributed by atoms with Gasteiger partial charge in [-0.25, -0.2) is 4.79 Å². The summed E-state index contributed by atoms with van der Waals surface area (Å²) in [5.74, 6) is -1.21. The molecule has 0 spiro atoms. The van der Waals surface area contributed by atoms with Crippen LogP contribution in [0.2, 0.25) is 0 Å². The highest BCUT2D eigenvalue weighted by Gasteiger charge is 2.18. The Morgan fingerprint density at radius 3 is 2.89 bits per heavy atom. The number of aromatic carboxylic acids is 1. The number of carbonyl (C=O) groups is 1. The summed E-state index contributed by atoms with van der Waals surface area (Å²) >= 11 is 0. The number of hydrogen-bond acceptors (Lipinski definition) is 3. The molecular weight excluding hydrogens is 232 g/mol. The number of benzene rings is 1. The molecule has 0 atom stereocenters. The first kappa shape index (κ1) is 10.6. The molecule has 2 N–H and O–H groups in total. The minimum absolute atomic E-state index is 0.231. The van der Waals surface area contributed by atoms with Gasteiger partial charge < -0.3 is 10.5 Å². The Kier molecular flexibility index (Phi) is 2.19. The van der Waals surface area contributed by atoms with Crippen LogP contribution in [-0.4, -0.2) is 15.8 Å². The predicted octanol–water partition coefficient (Wildman–Crippen LogP) is 1.27. The highest BCUT2D eigenvalue weighted by Crippen LogP contribution is 2.25. The van der Waals surface area contributed by atoms with E-state index in [1.54, 1.807) is 4.68 Å². The van der Waals surface area contributed by atoms with Crippen molar-refractivity contribution < 1.29 is 9.90 Å². The summed E-state index contributed by atoms with van der Waals surface area (Å²) in [7, 11) is 0. The first-order valence-electron chi connectivity index (χ1n) is 5.49. The number of nitrogens with one attached hydrogen (secondary N) is 1. The maximum absolute atomic E-state index is 11.7. The molecule has 0 saturated carbocycles. The van der Waals surface area contributed by atoms with Gasteiger partial charge in [-0.3, -0.25) is 9.47 Å². The third-order valence-corrected chi connectivity index (χ3v) is 3.01. The Hall–Kier alpha value is -2.56. The van der Waals surface area contributed by atoms with Gasteiger partial charge >= 0.3 is 5.97 Å². The van der Waals surface area contributed by atoms with Crippen molar-refractivity contribution >= 4 is 5.97 Å². The minimum atomic E-state index is -1.21. The van der Waals surface area contributed by atoms with Crippen molar-refractivity contribution in [2.75, 3.05) is 5.43 Å². The Bertz CT molecular complexity index is 704. The largest absolute Gasteiger partial charge is 0.477 e. The van der Waals surface area contributed by atoms with Crippen molar-refractivity contribution in [2.45, 2.75) is 6.54 Å². The van der Waals surface area contributed by atoms with Gasteiger partial charge in [0.25, 0.3) is 0 Å².